The zero-order valence-electron chi connectivity index (χ0n) is 12.2. The molecule has 1 aliphatic heterocycles. The van der Waals surface area contributed by atoms with E-state index in [0.29, 0.717) is 19.3 Å². The van der Waals surface area contributed by atoms with Gasteiger partial charge < -0.3 is 15.3 Å². The van der Waals surface area contributed by atoms with E-state index in [1.165, 1.54) is 11.8 Å². The lowest BCUT2D eigenvalue weighted by Gasteiger charge is -2.25. The summed E-state index contributed by atoms with van der Waals surface area (Å²) in [6, 6.07) is -1.67. The Bertz CT molecular complexity index is 401. The summed E-state index contributed by atoms with van der Waals surface area (Å²) in [4.78, 5) is 24.6. The molecule has 5 nitrogen and oxygen atoms in total. The average Bonchev–Trinajstić information content (AvgIpc) is 2.72. The summed E-state index contributed by atoms with van der Waals surface area (Å²) in [6.45, 7) is 3.42. The Hall–Kier alpha value is -1.47. The highest BCUT2D eigenvalue weighted by molar-refractivity contribution is 5.79. The first-order chi connectivity index (χ1) is 9.59. The van der Waals surface area contributed by atoms with Crippen LogP contribution in [0.25, 0.3) is 0 Å². The van der Waals surface area contributed by atoms with Crippen molar-refractivity contribution < 1.29 is 27.9 Å². The van der Waals surface area contributed by atoms with E-state index in [-0.39, 0.29) is 13.1 Å². The molecule has 0 radical (unpaired) electrons. The van der Waals surface area contributed by atoms with Crippen LogP contribution in [-0.4, -0.2) is 47.3 Å². The Labute approximate surface area is 121 Å². The highest BCUT2D eigenvalue weighted by Crippen LogP contribution is 2.35. The van der Waals surface area contributed by atoms with Gasteiger partial charge in [0, 0.05) is 19.1 Å². The number of hydrogen-bond acceptors (Lipinski definition) is 2. The number of urea groups is 1. The Morgan fingerprint density at radius 1 is 1.43 bits per heavy atom. The maximum absolute atomic E-state index is 12.2. The third-order valence-corrected chi connectivity index (χ3v) is 3.73. The number of nitrogens with one attached hydrogen (secondary N) is 1. The number of carboxylic acids is 1. The van der Waals surface area contributed by atoms with Crippen LogP contribution in [0.2, 0.25) is 0 Å². The number of carbonyl (C=O) groups excluding carboxylic acids is 1. The SMILES string of the molecule is CCCC1(C(=O)O)CCN(C(=O)NC(C)CC(F)(F)F)C1. The second-order valence-corrected chi connectivity index (χ2v) is 5.68. The van der Waals surface area contributed by atoms with Crippen molar-refractivity contribution in [1.82, 2.24) is 10.2 Å². The van der Waals surface area contributed by atoms with Crippen LogP contribution < -0.4 is 5.32 Å². The zero-order valence-corrected chi connectivity index (χ0v) is 12.2. The molecule has 2 atom stereocenters. The lowest BCUT2D eigenvalue weighted by Crippen LogP contribution is -2.45. The number of rotatable bonds is 5. The molecule has 0 saturated carbocycles. The molecule has 0 aromatic rings. The van der Waals surface area contributed by atoms with E-state index in [2.05, 4.69) is 5.32 Å². The first-order valence-electron chi connectivity index (χ1n) is 6.95. The lowest BCUT2D eigenvalue weighted by molar-refractivity contribution is -0.148. The minimum absolute atomic E-state index is 0.0424. The Balaban J connectivity index is 2.59. The average molecular weight is 310 g/mol. The largest absolute Gasteiger partial charge is 0.481 e. The molecule has 1 heterocycles. The molecule has 2 N–H and O–H groups in total. The molecular formula is C13H21F3N2O3. The van der Waals surface area contributed by atoms with Gasteiger partial charge in [-0.25, -0.2) is 4.79 Å². The van der Waals surface area contributed by atoms with Gasteiger partial charge in [-0.05, 0) is 19.8 Å². The molecule has 8 heteroatoms. The van der Waals surface area contributed by atoms with Gasteiger partial charge in [0.15, 0.2) is 0 Å². The van der Waals surface area contributed by atoms with Crippen molar-refractivity contribution in [3.8, 4) is 0 Å². The highest BCUT2D eigenvalue weighted by atomic mass is 19.4. The summed E-state index contributed by atoms with van der Waals surface area (Å²) in [5, 5.41) is 11.6. The number of alkyl halides is 3. The number of amides is 2. The molecule has 0 aromatic heterocycles. The van der Waals surface area contributed by atoms with Gasteiger partial charge in [0.2, 0.25) is 0 Å². The smallest absolute Gasteiger partial charge is 0.391 e. The number of nitrogens with zero attached hydrogens (tertiary/aromatic N) is 1. The summed E-state index contributed by atoms with van der Waals surface area (Å²) < 4.78 is 36.7. The van der Waals surface area contributed by atoms with Gasteiger partial charge in [-0.3, -0.25) is 4.79 Å². The van der Waals surface area contributed by atoms with E-state index < -0.39 is 36.1 Å². The number of likely N-dealkylation sites (tertiary alicyclic amines) is 1. The molecule has 0 spiro atoms. The third kappa shape index (κ3) is 4.78. The van der Waals surface area contributed by atoms with Crippen molar-refractivity contribution in [2.75, 3.05) is 13.1 Å². The summed E-state index contributed by atoms with van der Waals surface area (Å²) in [6.07, 6.45) is -4.00. The minimum Gasteiger partial charge on any atom is -0.481 e. The zero-order chi connectivity index (χ0) is 16.3. The van der Waals surface area contributed by atoms with Crippen LogP contribution >= 0.6 is 0 Å². The predicted molar refractivity (Wildman–Crippen MR) is 69.8 cm³/mol. The van der Waals surface area contributed by atoms with E-state index in [9.17, 15) is 27.9 Å². The van der Waals surface area contributed by atoms with Crippen molar-refractivity contribution in [3.63, 3.8) is 0 Å². The van der Waals surface area contributed by atoms with Gasteiger partial charge in [-0.1, -0.05) is 13.3 Å². The van der Waals surface area contributed by atoms with Crippen molar-refractivity contribution in [2.45, 2.75) is 51.7 Å². The van der Waals surface area contributed by atoms with E-state index in [0.717, 1.165) is 0 Å². The van der Waals surface area contributed by atoms with Crippen molar-refractivity contribution >= 4 is 12.0 Å². The molecule has 1 rings (SSSR count). The maximum atomic E-state index is 12.2. The fourth-order valence-corrected chi connectivity index (χ4v) is 2.71. The van der Waals surface area contributed by atoms with Gasteiger partial charge in [0.1, 0.15) is 0 Å². The molecule has 0 bridgehead atoms. The number of carbonyl (C=O) groups is 2. The summed E-state index contributed by atoms with van der Waals surface area (Å²) >= 11 is 0. The van der Waals surface area contributed by atoms with Crippen molar-refractivity contribution in [2.24, 2.45) is 5.41 Å². The second kappa shape index (κ2) is 6.53. The highest BCUT2D eigenvalue weighted by Gasteiger charge is 2.45. The molecular weight excluding hydrogens is 289 g/mol. The fraction of sp³-hybridized carbons (Fsp3) is 0.846. The maximum Gasteiger partial charge on any atom is 0.391 e. The number of aliphatic carboxylic acids is 1. The summed E-state index contributed by atoms with van der Waals surface area (Å²) in [5.41, 5.74) is -0.973. The minimum atomic E-state index is -4.34. The molecule has 122 valence electrons. The van der Waals surface area contributed by atoms with Gasteiger partial charge in [-0.2, -0.15) is 13.2 Å². The molecule has 2 amide bonds. The van der Waals surface area contributed by atoms with Crippen LogP contribution in [0.4, 0.5) is 18.0 Å². The van der Waals surface area contributed by atoms with Crippen molar-refractivity contribution in [1.29, 1.82) is 0 Å². The van der Waals surface area contributed by atoms with Gasteiger partial charge in [0.25, 0.3) is 0 Å². The van der Waals surface area contributed by atoms with Gasteiger partial charge in [0.05, 0.1) is 11.8 Å². The molecule has 0 aromatic carbocycles. The van der Waals surface area contributed by atoms with Crippen LogP contribution in [0, 0.1) is 5.41 Å². The molecule has 1 fully saturated rings. The molecule has 21 heavy (non-hydrogen) atoms. The topological polar surface area (TPSA) is 69.6 Å². The Morgan fingerprint density at radius 3 is 2.52 bits per heavy atom. The van der Waals surface area contributed by atoms with Crippen LogP contribution in [-0.2, 0) is 4.79 Å². The first kappa shape index (κ1) is 17.6. The fourth-order valence-electron chi connectivity index (χ4n) is 2.71. The predicted octanol–water partition coefficient (Wildman–Crippen LogP) is 2.61. The van der Waals surface area contributed by atoms with E-state index in [4.69, 9.17) is 0 Å². The quantitative estimate of drug-likeness (QED) is 0.820. The van der Waals surface area contributed by atoms with Crippen LogP contribution in [0.3, 0.4) is 0 Å². The van der Waals surface area contributed by atoms with Crippen molar-refractivity contribution in [3.05, 3.63) is 0 Å². The standard InChI is InChI=1S/C13H21F3N2O3/c1-3-4-12(10(19)20)5-6-18(8-12)11(21)17-9(2)7-13(14,15)16/h9H,3-8H2,1-2H3,(H,17,21)(H,19,20). The number of halogens is 3. The summed E-state index contributed by atoms with van der Waals surface area (Å²) in [5.74, 6) is -0.956. The Kier molecular flexibility index (Phi) is 5.47. The van der Waals surface area contributed by atoms with Crippen LogP contribution in [0.5, 0.6) is 0 Å². The second-order valence-electron chi connectivity index (χ2n) is 5.68. The molecule has 1 aliphatic rings. The summed E-state index contributed by atoms with van der Waals surface area (Å²) in [7, 11) is 0. The first-order valence-corrected chi connectivity index (χ1v) is 6.95. The van der Waals surface area contributed by atoms with Crippen LogP contribution in [0.1, 0.15) is 39.5 Å². The monoisotopic (exact) mass is 310 g/mol. The van der Waals surface area contributed by atoms with Gasteiger partial charge in [-0.15, -0.1) is 0 Å². The van der Waals surface area contributed by atoms with Gasteiger partial charge >= 0.3 is 18.2 Å². The van der Waals surface area contributed by atoms with E-state index in [1.807, 2.05) is 6.92 Å². The molecule has 1 saturated heterocycles. The Morgan fingerprint density at radius 2 is 2.05 bits per heavy atom. The third-order valence-electron chi connectivity index (χ3n) is 3.73. The van der Waals surface area contributed by atoms with Crippen LogP contribution in [0.15, 0.2) is 0 Å². The number of carboxylic acid groups (broad SMARTS) is 1. The molecule has 2 unspecified atom stereocenters. The van der Waals surface area contributed by atoms with E-state index in [1.54, 1.807) is 0 Å². The number of hydrogen-bond donors (Lipinski definition) is 2. The molecule has 0 aliphatic carbocycles. The van der Waals surface area contributed by atoms with E-state index >= 15 is 0 Å². The lowest BCUT2D eigenvalue weighted by atomic mass is 9.83. The normalized spacial score (nSPS) is 24.0.